The van der Waals surface area contributed by atoms with E-state index in [0.29, 0.717) is 5.56 Å². The zero-order valence-corrected chi connectivity index (χ0v) is 15.6. The standard InChI is InChI=1S/C17H11F13O3/c1-2-9-3-5-10(6-4-9)7-31-8-13(21,22)16(27,28)33-14(23,15(24,25)26)17(29,30)32-12(20)11(18)19/h2-6H,1,7-8H2. The molecule has 33 heavy (non-hydrogen) atoms. The summed E-state index contributed by atoms with van der Waals surface area (Å²) in [6.45, 7) is 0.0946. The predicted molar refractivity (Wildman–Crippen MR) is 83.4 cm³/mol. The number of hydrogen-bond acceptors (Lipinski definition) is 3. The molecule has 1 atom stereocenters. The highest BCUT2D eigenvalue weighted by Gasteiger charge is 2.81. The second-order valence-corrected chi connectivity index (χ2v) is 6.01. The molecule has 0 aliphatic rings. The lowest BCUT2D eigenvalue weighted by Gasteiger charge is -2.37. The summed E-state index contributed by atoms with van der Waals surface area (Å²) in [7, 11) is 0. The van der Waals surface area contributed by atoms with E-state index in [4.69, 9.17) is 0 Å². The maximum absolute atomic E-state index is 13.9. The molecule has 0 saturated carbocycles. The zero-order chi connectivity index (χ0) is 25.9. The molecule has 1 unspecified atom stereocenters. The van der Waals surface area contributed by atoms with Crippen molar-refractivity contribution in [3.8, 4) is 0 Å². The van der Waals surface area contributed by atoms with Crippen LogP contribution >= 0.6 is 0 Å². The number of benzene rings is 1. The summed E-state index contributed by atoms with van der Waals surface area (Å²) < 4.78 is 178. The van der Waals surface area contributed by atoms with Crippen molar-refractivity contribution in [1.29, 1.82) is 0 Å². The van der Waals surface area contributed by atoms with Gasteiger partial charge in [0.1, 0.15) is 6.61 Å². The minimum absolute atomic E-state index is 0.0891. The molecule has 0 amide bonds. The zero-order valence-electron chi connectivity index (χ0n) is 15.6. The number of ether oxygens (including phenoxy) is 3. The van der Waals surface area contributed by atoms with E-state index < -0.39 is 55.5 Å². The monoisotopic (exact) mass is 510 g/mol. The van der Waals surface area contributed by atoms with Crippen molar-refractivity contribution >= 4 is 6.08 Å². The molecule has 16 heteroatoms. The van der Waals surface area contributed by atoms with Crippen molar-refractivity contribution in [2.45, 2.75) is 36.8 Å². The van der Waals surface area contributed by atoms with Gasteiger partial charge in [-0.3, -0.25) is 4.74 Å². The molecule has 0 fully saturated rings. The number of rotatable bonds is 11. The number of alkyl halides is 10. The van der Waals surface area contributed by atoms with Crippen molar-refractivity contribution in [3.05, 3.63) is 54.1 Å². The van der Waals surface area contributed by atoms with Gasteiger partial charge in [0, 0.05) is 0 Å². The molecule has 0 aliphatic heterocycles. The molecule has 188 valence electrons. The highest BCUT2D eigenvalue weighted by atomic mass is 19.4. The van der Waals surface area contributed by atoms with Crippen LogP contribution in [0.4, 0.5) is 57.1 Å². The van der Waals surface area contributed by atoms with Gasteiger partial charge in [-0.1, -0.05) is 36.9 Å². The highest BCUT2D eigenvalue weighted by molar-refractivity contribution is 5.47. The molecule has 3 nitrogen and oxygen atoms in total. The normalized spacial score (nSPS) is 15.1. The van der Waals surface area contributed by atoms with Gasteiger partial charge in [-0.25, -0.2) is 0 Å². The summed E-state index contributed by atoms with van der Waals surface area (Å²) in [6, 6.07) is 1.47. The molecule has 1 aromatic rings. The number of halogens is 13. The molecule has 0 N–H and O–H groups in total. The molecule has 1 rings (SSSR count). The molecule has 0 aromatic heterocycles. The first-order valence-corrected chi connectivity index (χ1v) is 8.08. The van der Waals surface area contributed by atoms with Gasteiger partial charge in [-0.15, -0.1) is 0 Å². The summed E-state index contributed by atoms with van der Waals surface area (Å²) in [5, 5.41) is 0. The fraction of sp³-hybridized carbons (Fsp3) is 0.412. The first-order chi connectivity index (χ1) is 14.8. The third-order valence-electron chi connectivity index (χ3n) is 3.57. The van der Waals surface area contributed by atoms with E-state index in [2.05, 4.69) is 20.8 Å². The van der Waals surface area contributed by atoms with Crippen LogP contribution in [0.15, 0.2) is 42.9 Å². The fourth-order valence-corrected chi connectivity index (χ4v) is 1.88. The SMILES string of the molecule is C=Cc1ccc(COCC(F)(F)C(F)(F)OC(F)(C(F)(F)F)C(F)(F)OC(F)=C(F)F)cc1. The average Bonchev–Trinajstić information content (AvgIpc) is 2.66. The fourth-order valence-electron chi connectivity index (χ4n) is 1.88. The van der Waals surface area contributed by atoms with Gasteiger partial charge in [0.15, 0.2) is 0 Å². The molecule has 0 radical (unpaired) electrons. The first-order valence-electron chi connectivity index (χ1n) is 8.08. The van der Waals surface area contributed by atoms with Crippen LogP contribution in [0.3, 0.4) is 0 Å². The summed E-state index contributed by atoms with van der Waals surface area (Å²) in [5.74, 6) is -13.1. The second kappa shape index (κ2) is 9.79. The molecule has 0 saturated heterocycles. The van der Waals surface area contributed by atoms with Crippen molar-refractivity contribution in [2.24, 2.45) is 0 Å². The van der Waals surface area contributed by atoms with Crippen molar-refractivity contribution in [2.75, 3.05) is 6.61 Å². The lowest BCUT2D eigenvalue weighted by atomic mass is 10.1. The highest BCUT2D eigenvalue weighted by Crippen LogP contribution is 2.52. The maximum Gasteiger partial charge on any atom is 0.471 e. The molecular weight excluding hydrogens is 499 g/mol. The molecule has 1 aromatic carbocycles. The summed E-state index contributed by atoms with van der Waals surface area (Å²) in [6.07, 6.45) is -23.5. The minimum Gasteiger partial charge on any atom is -0.398 e. The second-order valence-electron chi connectivity index (χ2n) is 6.01. The van der Waals surface area contributed by atoms with Gasteiger partial charge in [0.2, 0.25) is 0 Å². The molecule has 0 heterocycles. The van der Waals surface area contributed by atoms with Crippen LogP contribution in [0.2, 0.25) is 0 Å². The van der Waals surface area contributed by atoms with Crippen LogP contribution in [0.5, 0.6) is 0 Å². The van der Waals surface area contributed by atoms with E-state index in [1.807, 2.05) is 0 Å². The van der Waals surface area contributed by atoms with Crippen LogP contribution in [-0.4, -0.2) is 36.8 Å². The Morgan fingerprint density at radius 2 is 1.33 bits per heavy atom. The summed E-state index contributed by atoms with van der Waals surface area (Å²) >= 11 is 0. The third-order valence-corrected chi connectivity index (χ3v) is 3.57. The third kappa shape index (κ3) is 6.52. The van der Waals surface area contributed by atoms with Gasteiger partial charge in [0.05, 0.1) is 6.61 Å². The van der Waals surface area contributed by atoms with E-state index in [1.54, 1.807) is 0 Å². The minimum atomic E-state index is -7.31. The molecule has 0 aliphatic carbocycles. The van der Waals surface area contributed by atoms with Gasteiger partial charge < -0.3 is 9.47 Å². The predicted octanol–water partition coefficient (Wildman–Crippen LogP) is 6.96. The Morgan fingerprint density at radius 3 is 1.76 bits per heavy atom. The Hall–Kier alpha value is -2.49. The van der Waals surface area contributed by atoms with Gasteiger partial charge >= 0.3 is 42.3 Å². The molecular formula is C17H11F13O3. The van der Waals surface area contributed by atoms with E-state index in [9.17, 15) is 57.1 Å². The number of hydrogen-bond donors (Lipinski definition) is 0. The molecule has 0 spiro atoms. The van der Waals surface area contributed by atoms with Crippen molar-refractivity contribution in [3.63, 3.8) is 0 Å². The van der Waals surface area contributed by atoms with Crippen molar-refractivity contribution in [1.82, 2.24) is 0 Å². The van der Waals surface area contributed by atoms with Crippen LogP contribution in [0.25, 0.3) is 6.08 Å². The van der Waals surface area contributed by atoms with Crippen LogP contribution in [0.1, 0.15) is 11.1 Å². The topological polar surface area (TPSA) is 27.7 Å². The van der Waals surface area contributed by atoms with Crippen LogP contribution < -0.4 is 0 Å². The quantitative estimate of drug-likeness (QED) is 0.238. The maximum atomic E-state index is 13.9. The van der Waals surface area contributed by atoms with Crippen LogP contribution in [-0.2, 0) is 20.8 Å². The summed E-state index contributed by atoms with van der Waals surface area (Å²) in [4.78, 5) is 0. The Bertz CT molecular complexity index is 845. The molecule has 0 bridgehead atoms. The van der Waals surface area contributed by atoms with Gasteiger partial charge in [0.25, 0.3) is 0 Å². The van der Waals surface area contributed by atoms with Crippen LogP contribution in [0, 0.1) is 0 Å². The Morgan fingerprint density at radius 1 is 0.818 bits per heavy atom. The Balaban J connectivity index is 3.09. The van der Waals surface area contributed by atoms with E-state index in [0.717, 1.165) is 0 Å². The first kappa shape index (κ1) is 28.5. The van der Waals surface area contributed by atoms with Crippen molar-refractivity contribution < 1.29 is 71.3 Å². The van der Waals surface area contributed by atoms with Gasteiger partial charge in [-0.05, 0) is 11.1 Å². The smallest absolute Gasteiger partial charge is 0.398 e. The average molecular weight is 510 g/mol. The Labute approximate surface area is 176 Å². The lowest BCUT2D eigenvalue weighted by molar-refractivity contribution is -0.518. The van der Waals surface area contributed by atoms with E-state index >= 15 is 0 Å². The lowest BCUT2D eigenvalue weighted by Crippen LogP contribution is -2.63. The van der Waals surface area contributed by atoms with E-state index in [1.165, 1.54) is 30.3 Å². The van der Waals surface area contributed by atoms with E-state index in [-0.39, 0.29) is 5.56 Å². The largest absolute Gasteiger partial charge is 0.471 e. The van der Waals surface area contributed by atoms with Gasteiger partial charge in [-0.2, -0.15) is 57.1 Å². The summed E-state index contributed by atoms with van der Waals surface area (Å²) in [5.41, 5.74) is 0.642. The Kier molecular flexibility index (Phi) is 8.46.